The van der Waals surface area contributed by atoms with Crippen LogP contribution in [0.5, 0.6) is 0 Å². The molecule has 2 unspecified atom stereocenters. The van der Waals surface area contributed by atoms with Crippen LogP contribution in [0.1, 0.15) is 151 Å². The minimum atomic E-state index is -1.35. The Labute approximate surface area is 250 Å². The quantitative estimate of drug-likeness (QED) is 0.184. The van der Waals surface area contributed by atoms with Gasteiger partial charge in [-0.25, -0.2) is 0 Å². The van der Waals surface area contributed by atoms with Crippen molar-refractivity contribution in [3.63, 3.8) is 0 Å². The Hall–Kier alpha value is 1.29. The predicted octanol–water partition coefficient (Wildman–Crippen LogP) is 11.7. The SMILES string of the molecule is CC[PH](CCCC(C)[PH](C)(C)C)(C(C)C)C(C)C1CCC([PH](C(C)C)(C2CCCCC2)C2CCCCC2)CC1. The summed E-state index contributed by atoms with van der Waals surface area (Å²) in [7, 11) is -3.64. The molecule has 3 saturated carbocycles. The molecule has 3 fully saturated rings. The minimum absolute atomic E-state index is 0.950. The molecule has 0 N–H and O–H groups in total. The summed E-state index contributed by atoms with van der Waals surface area (Å²) in [5.74, 6) is 1.04. The molecule has 0 heterocycles. The van der Waals surface area contributed by atoms with Crippen LogP contribution < -0.4 is 0 Å². The van der Waals surface area contributed by atoms with Crippen LogP contribution in [0.4, 0.5) is 0 Å². The van der Waals surface area contributed by atoms with Crippen molar-refractivity contribution in [1.29, 1.82) is 0 Å². The monoisotopic (exact) mass is 603 g/mol. The summed E-state index contributed by atoms with van der Waals surface area (Å²) in [4.78, 5) is 0. The zero-order chi connectivity index (χ0) is 28.8. The molecule has 39 heavy (non-hydrogen) atoms. The van der Waals surface area contributed by atoms with Crippen molar-refractivity contribution in [1.82, 2.24) is 0 Å². The second-order valence-electron chi connectivity index (χ2n) is 17.1. The van der Waals surface area contributed by atoms with Crippen molar-refractivity contribution in [2.75, 3.05) is 32.3 Å². The fourth-order valence-electron chi connectivity index (χ4n) is 11.3. The Bertz CT molecular complexity index is 671. The van der Waals surface area contributed by atoms with E-state index in [0.717, 1.165) is 34.2 Å². The van der Waals surface area contributed by atoms with Crippen LogP contribution in [-0.2, 0) is 0 Å². The van der Waals surface area contributed by atoms with Gasteiger partial charge in [-0.2, -0.15) is 0 Å². The number of rotatable bonds is 13. The molecule has 0 nitrogen and oxygen atoms in total. The Morgan fingerprint density at radius 1 is 0.590 bits per heavy atom. The zero-order valence-electron chi connectivity index (χ0n) is 28.8. The van der Waals surface area contributed by atoms with Crippen LogP contribution in [0.3, 0.4) is 0 Å². The average molecular weight is 603 g/mol. The summed E-state index contributed by atoms with van der Waals surface area (Å²) in [5, 5.41) is 0. The Morgan fingerprint density at radius 2 is 1.05 bits per heavy atom. The molecule has 0 aromatic rings. The maximum atomic E-state index is 2.79. The van der Waals surface area contributed by atoms with Gasteiger partial charge >= 0.3 is 251 Å². The first-order chi connectivity index (χ1) is 18.4. The van der Waals surface area contributed by atoms with E-state index in [9.17, 15) is 0 Å². The molecule has 0 aromatic heterocycles. The van der Waals surface area contributed by atoms with Gasteiger partial charge in [0.25, 0.3) is 0 Å². The molecule has 0 aromatic carbocycles. The van der Waals surface area contributed by atoms with Crippen LogP contribution >= 0.6 is 21.8 Å². The van der Waals surface area contributed by atoms with E-state index >= 15 is 0 Å². The molecule has 0 amide bonds. The van der Waals surface area contributed by atoms with Gasteiger partial charge in [-0.3, -0.25) is 0 Å². The molecule has 236 valence electrons. The molecule has 0 bridgehead atoms. The summed E-state index contributed by atoms with van der Waals surface area (Å²) < 4.78 is 0. The summed E-state index contributed by atoms with van der Waals surface area (Å²) in [6.07, 6.45) is 28.4. The molecule has 0 saturated heterocycles. The van der Waals surface area contributed by atoms with Crippen molar-refractivity contribution in [2.24, 2.45) is 5.92 Å². The Kier molecular flexibility index (Phi) is 13.7. The third-order valence-corrected chi connectivity index (χ3v) is 32.7. The van der Waals surface area contributed by atoms with Gasteiger partial charge in [0.2, 0.25) is 0 Å². The van der Waals surface area contributed by atoms with Crippen LogP contribution in [-0.4, -0.2) is 71.9 Å². The summed E-state index contributed by atoms with van der Waals surface area (Å²) >= 11 is 0. The summed E-state index contributed by atoms with van der Waals surface area (Å²) in [6, 6.07) is 0. The molecule has 3 aliphatic carbocycles. The topological polar surface area (TPSA) is 0 Å². The van der Waals surface area contributed by atoms with Crippen LogP contribution in [0.2, 0.25) is 0 Å². The van der Waals surface area contributed by atoms with Crippen molar-refractivity contribution < 1.29 is 0 Å². The van der Waals surface area contributed by atoms with Gasteiger partial charge in [0.1, 0.15) is 0 Å². The fraction of sp³-hybridized carbons (Fsp3) is 1.00. The molecular weight excluding hydrogens is 525 g/mol. The zero-order valence-corrected chi connectivity index (χ0v) is 31.8. The summed E-state index contributed by atoms with van der Waals surface area (Å²) in [6.45, 7) is 26.5. The average Bonchev–Trinajstić information content (AvgIpc) is 2.92. The van der Waals surface area contributed by atoms with E-state index in [4.69, 9.17) is 0 Å². The Morgan fingerprint density at radius 3 is 1.44 bits per heavy atom. The van der Waals surface area contributed by atoms with E-state index in [2.05, 4.69) is 68.5 Å². The van der Waals surface area contributed by atoms with Gasteiger partial charge in [0.15, 0.2) is 0 Å². The van der Waals surface area contributed by atoms with Crippen LogP contribution in [0.15, 0.2) is 0 Å². The van der Waals surface area contributed by atoms with Gasteiger partial charge in [-0.15, -0.1) is 0 Å². The van der Waals surface area contributed by atoms with E-state index in [-0.39, 0.29) is 0 Å². The molecule has 0 radical (unpaired) electrons. The fourth-order valence-corrected chi connectivity index (χ4v) is 27.4. The molecule has 3 aliphatic rings. The first-order valence-electron chi connectivity index (χ1n) is 18.4. The predicted molar refractivity (Wildman–Crippen MR) is 196 cm³/mol. The second kappa shape index (κ2) is 15.3. The van der Waals surface area contributed by atoms with E-state index in [1.165, 1.54) is 43.2 Å². The van der Waals surface area contributed by atoms with Crippen molar-refractivity contribution in [2.45, 2.75) is 191 Å². The second-order valence-corrected chi connectivity index (χ2v) is 34.2. The molecule has 0 aliphatic heterocycles. The van der Waals surface area contributed by atoms with Crippen LogP contribution in [0.25, 0.3) is 0 Å². The van der Waals surface area contributed by atoms with Gasteiger partial charge in [-0.1, -0.05) is 0 Å². The summed E-state index contributed by atoms with van der Waals surface area (Å²) in [5.41, 5.74) is 7.46. The number of hydrogen-bond acceptors (Lipinski definition) is 0. The van der Waals surface area contributed by atoms with E-state index < -0.39 is 21.8 Å². The molecule has 3 heteroatoms. The van der Waals surface area contributed by atoms with Crippen molar-refractivity contribution in [3.05, 3.63) is 0 Å². The first kappa shape index (κ1) is 34.8. The molecule has 0 spiro atoms. The molecule has 2 atom stereocenters. The van der Waals surface area contributed by atoms with Crippen molar-refractivity contribution in [3.8, 4) is 0 Å². The van der Waals surface area contributed by atoms with Gasteiger partial charge < -0.3 is 0 Å². The van der Waals surface area contributed by atoms with E-state index in [1.807, 2.05) is 0 Å². The van der Waals surface area contributed by atoms with Gasteiger partial charge in [0.05, 0.1) is 0 Å². The molecule has 3 rings (SSSR count). The third-order valence-electron chi connectivity index (χ3n) is 14.3. The normalized spacial score (nSPS) is 28.0. The van der Waals surface area contributed by atoms with E-state index in [1.54, 1.807) is 83.2 Å². The standard InChI is InChI=1S/C36H77P3/c1-11-38(29(2)3,28-18-19-31(6)37(8,9)10)32(7)33-24-26-36(27-25-33)39(30(4)5,34-20-14-12-15-21-34)35-22-16-13-17-23-35/h29-39H,11-28H2,1-10H3. The molecular formula is C36H77P3. The van der Waals surface area contributed by atoms with Gasteiger partial charge in [0, 0.05) is 0 Å². The Balaban J connectivity index is 1.76. The third kappa shape index (κ3) is 7.88. The van der Waals surface area contributed by atoms with Crippen LogP contribution in [0, 0.1) is 5.92 Å². The number of hydrogen-bond donors (Lipinski definition) is 0. The van der Waals surface area contributed by atoms with Gasteiger partial charge in [-0.05, 0) is 0 Å². The maximum absolute atomic E-state index is 2.79. The van der Waals surface area contributed by atoms with E-state index in [0.29, 0.717) is 0 Å². The van der Waals surface area contributed by atoms with Crippen molar-refractivity contribution >= 4 is 21.8 Å². The first-order valence-corrected chi connectivity index (χ1v) is 26.9.